The predicted molar refractivity (Wildman–Crippen MR) is 83.1 cm³/mol. The maximum atomic E-state index is 13.4. The van der Waals surface area contributed by atoms with E-state index in [0.717, 1.165) is 0 Å². The maximum absolute atomic E-state index is 13.4. The van der Waals surface area contributed by atoms with Crippen LogP contribution in [0.2, 0.25) is 0 Å². The van der Waals surface area contributed by atoms with Crippen LogP contribution >= 0.6 is 0 Å². The van der Waals surface area contributed by atoms with E-state index in [1.54, 1.807) is 41.7 Å². The van der Waals surface area contributed by atoms with E-state index in [4.69, 9.17) is 4.74 Å². The number of ether oxygens (including phenoxy) is 1. The Hall–Kier alpha value is -3.02. The van der Waals surface area contributed by atoms with Gasteiger partial charge in [0, 0.05) is 30.0 Å². The van der Waals surface area contributed by atoms with Crippen LogP contribution in [0.25, 0.3) is 10.9 Å². The van der Waals surface area contributed by atoms with Crippen LogP contribution < -0.4 is 9.64 Å². The van der Waals surface area contributed by atoms with Gasteiger partial charge in [0.25, 0.3) is 5.91 Å². The predicted octanol–water partition coefficient (Wildman–Crippen LogP) is 2.81. The average Bonchev–Trinajstić information content (AvgIpc) is 2.60. The molecule has 6 heteroatoms. The van der Waals surface area contributed by atoms with Crippen molar-refractivity contribution in [3.63, 3.8) is 0 Å². The molecule has 2 aromatic heterocycles. The zero-order valence-electron chi connectivity index (χ0n) is 12.1. The fourth-order valence-corrected chi connectivity index (χ4v) is 2.73. The number of nitrogens with zero attached hydrogens (tertiary/aromatic N) is 3. The molecule has 0 fully saturated rings. The van der Waals surface area contributed by atoms with Crippen LogP contribution in [0.3, 0.4) is 0 Å². The Morgan fingerprint density at radius 2 is 2.13 bits per heavy atom. The first-order chi connectivity index (χ1) is 11.2. The quantitative estimate of drug-likeness (QED) is 0.693. The highest BCUT2D eigenvalue weighted by Crippen LogP contribution is 2.33. The summed E-state index contributed by atoms with van der Waals surface area (Å²) in [5.41, 5.74) is 1.79. The third-order valence-electron chi connectivity index (χ3n) is 3.80. The van der Waals surface area contributed by atoms with E-state index in [9.17, 15) is 9.18 Å². The van der Waals surface area contributed by atoms with Gasteiger partial charge in [0.05, 0.1) is 23.3 Å². The summed E-state index contributed by atoms with van der Waals surface area (Å²) in [5, 5.41) is 0.690. The number of pyridine rings is 2. The first-order valence-electron chi connectivity index (χ1n) is 7.17. The molecule has 3 heterocycles. The first-order valence-corrected chi connectivity index (χ1v) is 7.17. The van der Waals surface area contributed by atoms with Crippen LogP contribution in [-0.2, 0) is 0 Å². The summed E-state index contributed by atoms with van der Waals surface area (Å²) in [7, 11) is 0. The zero-order valence-corrected chi connectivity index (χ0v) is 12.1. The highest BCUT2D eigenvalue weighted by Gasteiger charge is 2.26. The van der Waals surface area contributed by atoms with Crippen molar-refractivity contribution < 1.29 is 13.9 Å². The summed E-state index contributed by atoms with van der Waals surface area (Å²) in [4.78, 5) is 22.9. The molecule has 23 heavy (non-hydrogen) atoms. The Kier molecular flexibility index (Phi) is 3.15. The number of anilines is 1. The number of rotatable bonds is 1. The molecule has 4 rings (SSSR count). The maximum Gasteiger partial charge on any atom is 0.259 e. The van der Waals surface area contributed by atoms with Gasteiger partial charge in [0.1, 0.15) is 18.2 Å². The Bertz CT molecular complexity index is 908. The number of carbonyl (C=O) groups is 1. The zero-order chi connectivity index (χ0) is 15.8. The summed E-state index contributed by atoms with van der Waals surface area (Å²) in [5.74, 6) is -0.195. The van der Waals surface area contributed by atoms with Gasteiger partial charge in [0.2, 0.25) is 0 Å². The van der Waals surface area contributed by atoms with Crippen molar-refractivity contribution in [3.8, 4) is 5.75 Å². The molecule has 1 aliphatic heterocycles. The monoisotopic (exact) mass is 309 g/mol. The normalized spacial score (nSPS) is 13.5. The number of hydrogen-bond donors (Lipinski definition) is 0. The molecule has 0 atom stereocenters. The van der Waals surface area contributed by atoms with Gasteiger partial charge in [-0.2, -0.15) is 0 Å². The molecule has 0 N–H and O–H groups in total. The fourth-order valence-electron chi connectivity index (χ4n) is 2.73. The third-order valence-corrected chi connectivity index (χ3v) is 3.80. The van der Waals surface area contributed by atoms with Crippen molar-refractivity contribution in [2.75, 3.05) is 18.1 Å². The van der Waals surface area contributed by atoms with Gasteiger partial charge in [-0.25, -0.2) is 4.39 Å². The Labute approximate surface area is 131 Å². The van der Waals surface area contributed by atoms with Gasteiger partial charge in [-0.1, -0.05) is 0 Å². The molecule has 0 spiro atoms. The minimum Gasteiger partial charge on any atom is -0.489 e. The molecule has 0 unspecified atom stereocenters. The number of amides is 1. The van der Waals surface area contributed by atoms with E-state index < -0.39 is 5.82 Å². The van der Waals surface area contributed by atoms with Crippen molar-refractivity contribution in [1.82, 2.24) is 9.97 Å². The van der Waals surface area contributed by atoms with Gasteiger partial charge < -0.3 is 9.64 Å². The Morgan fingerprint density at radius 3 is 3.04 bits per heavy atom. The number of benzene rings is 1. The number of hydrogen-bond acceptors (Lipinski definition) is 4. The van der Waals surface area contributed by atoms with E-state index >= 15 is 0 Å². The number of halogens is 1. The van der Waals surface area contributed by atoms with Crippen LogP contribution in [0.1, 0.15) is 10.4 Å². The number of carbonyl (C=O) groups excluding carboxylic acids is 1. The molecule has 0 bridgehead atoms. The average molecular weight is 309 g/mol. The highest BCUT2D eigenvalue weighted by atomic mass is 19.1. The van der Waals surface area contributed by atoms with Crippen molar-refractivity contribution >= 4 is 22.5 Å². The van der Waals surface area contributed by atoms with Crippen molar-refractivity contribution in [3.05, 3.63) is 60.3 Å². The van der Waals surface area contributed by atoms with Crippen molar-refractivity contribution in [1.29, 1.82) is 0 Å². The minimum atomic E-state index is -0.392. The van der Waals surface area contributed by atoms with Crippen LogP contribution in [0, 0.1) is 5.82 Å². The van der Waals surface area contributed by atoms with Gasteiger partial charge in [-0.05, 0) is 24.3 Å². The fraction of sp³-hybridized carbons (Fsp3) is 0.118. The van der Waals surface area contributed by atoms with E-state index in [0.29, 0.717) is 41.1 Å². The van der Waals surface area contributed by atoms with Gasteiger partial charge in [-0.15, -0.1) is 0 Å². The molecular weight excluding hydrogens is 297 g/mol. The Balaban J connectivity index is 1.81. The molecule has 3 aromatic rings. The number of fused-ring (bicyclic) bond motifs is 2. The van der Waals surface area contributed by atoms with Crippen LogP contribution in [0.15, 0.2) is 48.9 Å². The second kappa shape index (κ2) is 5.31. The topological polar surface area (TPSA) is 55.3 Å². The van der Waals surface area contributed by atoms with Crippen LogP contribution in [0.4, 0.5) is 10.1 Å². The molecule has 0 saturated carbocycles. The Morgan fingerprint density at radius 1 is 1.22 bits per heavy atom. The second-order valence-electron chi connectivity index (χ2n) is 5.17. The van der Waals surface area contributed by atoms with Gasteiger partial charge in [0.15, 0.2) is 0 Å². The molecule has 1 aromatic carbocycles. The number of aromatic nitrogens is 2. The van der Waals surface area contributed by atoms with E-state index in [2.05, 4.69) is 9.97 Å². The molecule has 0 saturated heterocycles. The van der Waals surface area contributed by atoms with Crippen molar-refractivity contribution in [2.24, 2.45) is 0 Å². The van der Waals surface area contributed by atoms with Crippen LogP contribution in [-0.4, -0.2) is 29.0 Å². The van der Waals surface area contributed by atoms with E-state index in [-0.39, 0.29) is 5.91 Å². The van der Waals surface area contributed by atoms with E-state index in [1.807, 2.05) is 0 Å². The molecule has 1 aliphatic rings. The first kappa shape index (κ1) is 13.6. The summed E-state index contributed by atoms with van der Waals surface area (Å²) < 4.78 is 18.8. The SMILES string of the molecule is O=C(c1ccnc2ccncc12)N1CCOc2cc(F)ccc21. The molecular formula is C17H12FN3O2. The smallest absolute Gasteiger partial charge is 0.259 e. The third kappa shape index (κ3) is 2.28. The lowest BCUT2D eigenvalue weighted by Crippen LogP contribution is -2.38. The lowest BCUT2D eigenvalue weighted by Gasteiger charge is -2.29. The van der Waals surface area contributed by atoms with E-state index in [1.165, 1.54) is 12.1 Å². The van der Waals surface area contributed by atoms with Crippen molar-refractivity contribution in [2.45, 2.75) is 0 Å². The van der Waals surface area contributed by atoms with Gasteiger partial charge in [-0.3, -0.25) is 14.8 Å². The largest absolute Gasteiger partial charge is 0.489 e. The summed E-state index contributed by atoms with van der Waals surface area (Å²) in [6.07, 6.45) is 4.86. The lowest BCUT2D eigenvalue weighted by atomic mass is 10.1. The van der Waals surface area contributed by atoms with Crippen LogP contribution in [0.5, 0.6) is 5.75 Å². The molecule has 5 nitrogen and oxygen atoms in total. The molecule has 0 radical (unpaired) electrons. The standard InChI is InChI=1S/C17H12FN3O2/c18-11-1-2-15-16(9-11)23-8-7-21(15)17(22)12-3-6-20-14-4-5-19-10-13(12)14/h1-6,9-10H,7-8H2. The summed E-state index contributed by atoms with van der Waals surface area (Å²) in [6.45, 7) is 0.727. The molecule has 1 amide bonds. The minimum absolute atomic E-state index is 0.179. The molecule has 114 valence electrons. The lowest BCUT2D eigenvalue weighted by molar-refractivity contribution is 0.0978. The summed E-state index contributed by atoms with van der Waals surface area (Å²) >= 11 is 0. The highest BCUT2D eigenvalue weighted by molar-refractivity contribution is 6.13. The second-order valence-corrected chi connectivity index (χ2v) is 5.17. The summed E-state index contributed by atoms with van der Waals surface area (Å²) in [6, 6.07) is 7.60. The van der Waals surface area contributed by atoms with Gasteiger partial charge >= 0.3 is 0 Å². The molecule has 0 aliphatic carbocycles.